The molecule has 1 heteroatoms. The highest BCUT2D eigenvalue weighted by Crippen LogP contribution is 2.17. The minimum absolute atomic E-state index is 0.526. The molecule has 0 spiro atoms. The zero-order valence-electron chi connectivity index (χ0n) is 11.0. The molecule has 0 radical (unpaired) electrons. The summed E-state index contributed by atoms with van der Waals surface area (Å²) in [7, 11) is 0. The molecule has 0 saturated heterocycles. The van der Waals surface area contributed by atoms with Crippen LogP contribution in [0.4, 0.5) is 0 Å². The molecule has 0 bridgehead atoms. The van der Waals surface area contributed by atoms with E-state index in [1.807, 2.05) is 73.7 Å². The van der Waals surface area contributed by atoms with Crippen molar-refractivity contribution in [1.29, 1.82) is 5.41 Å². The van der Waals surface area contributed by atoms with Gasteiger partial charge in [-0.25, -0.2) is 0 Å². The van der Waals surface area contributed by atoms with Crippen LogP contribution >= 0.6 is 0 Å². The molecule has 0 aliphatic rings. The first kappa shape index (κ1) is 13.0. The summed E-state index contributed by atoms with van der Waals surface area (Å²) < 4.78 is 0. The van der Waals surface area contributed by atoms with Gasteiger partial charge in [-0.15, -0.1) is 0 Å². The fourth-order valence-electron chi connectivity index (χ4n) is 1.89. The second-order valence-electron chi connectivity index (χ2n) is 4.25. The summed E-state index contributed by atoms with van der Waals surface area (Å²) in [6.45, 7) is 1.99. The maximum absolute atomic E-state index is 8.18. The van der Waals surface area contributed by atoms with Crippen molar-refractivity contribution >= 4 is 11.3 Å². The van der Waals surface area contributed by atoms with Crippen molar-refractivity contribution in [2.75, 3.05) is 0 Å². The van der Waals surface area contributed by atoms with E-state index in [1.165, 1.54) is 0 Å². The van der Waals surface area contributed by atoms with Gasteiger partial charge in [0.25, 0.3) is 0 Å². The first-order valence-corrected chi connectivity index (χ1v) is 6.35. The summed E-state index contributed by atoms with van der Waals surface area (Å²) in [4.78, 5) is 0. The van der Waals surface area contributed by atoms with Gasteiger partial charge in [0.2, 0.25) is 0 Å². The topological polar surface area (TPSA) is 23.9 Å². The van der Waals surface area contributed by atoms with Crippen LogP contribution in [0.5, 0.6) is 0 Å². The summed E-state index contributed by atoms with van der Waals surface area (Å²) in [5.41, 5.74) is 3.64. The van der Waals surface area contributed by atoms with E-state index in [4.69, 9.17) is 5.41 Å². The van der Waals surface area contributed by atoms with Crippen LogP contribution in [-0.2, 0) is 0 Å². The van der Waals surface area contributed by atoms with Gasteiger partial charge in [-0.2, -0.15) is 0 Å². The predicted molar refractivity (Wildman–Crippen MR) is 82.5 cm³/mol. The van der Waals surface area contributed by atoms with Gasteiger partial charge in [-0.1, -0.05) is 72.8 Å². The largest absolute Gasteiger partial charge is 0.300 e. The Morgan fingerprint density at radius 1 is 0.842 bits per heavy atom. The van der Waals surface area contributed by atoms with Crippen LogP contribution in [0.3, 0.4) is 0 Å². The Labute approximate surface area is 114 Å². The van der Waals surface area contributed by atoms with Crippen LogP contribution in [0, 0.1) is 5.41 Å². The minimum atomic E-state index is 0.526. The van der Waals surface area contributed by atoms with Gasteiger partial charge in [-0.05, 0) is 29.7 Å². The van der Waals surface area contributed by atoms with E-state index in [1.54, 1.807) is 0 Å². The van der Waals surface area contributed by atoms with E-state index >= 15 is 0 Å². The third-order valence-corrected chi connectivity index (χ3v) is 2.84. The molecule has 0 unspecified atom stereocenters. The molecule has 0 fully saturated rings. The molecule has 0 aliphatic heterocycles. The monoisotopic (exact) mass is 247 g/mol. The van der Waals surface area contributed by atoms with Gasteiger partial charge in [0.15, 0.2) is 0 Å². The normalized spacial score (nSPS) is 11.7. The van der Waals surface area contributed by atoms with E-state index in [0.29, 0.717) is 5.71 Å². The lowest BCUT2D eigenvalue weighted by Gasteiger charge is -2.04. The lowest BCUT2D eigenvalue weighted by molar-refractivity contribution is 1.49. The number of hydrogen-bond acceptors (Lipinski definition) is 1. The average Bonchev–Trinajstić information content (AvgIpc) is 2.48. The van der Waals surface area contributed by atoms with E-state index in [2.05, 4.69) is 12.1 Å². The van der Waals surface area contributed by atoms with Crippen LogP contribution in [0.25, 0.3) is 5.57 Å². The smallest absolute Gasteiger partial charge is 0.0618 e. The van der Waals surface area contributed by atoms with Crippen molar-refractivity contribution < 1.29 is 0 Å². The molecule has 0 atom stereocenters. The summed E-state index contributed by atoms with van der Waals surface area (Å²) in [5, 5.41) is 8.18. The Kier molecular flexibility index (Phi) is 4.46. The highest BCUT2D eigenvalue weighted by atomic mass is 14.4. The molecular formula is C18H17N. The second kappa shape index (κ2) is 6.50. The first-order valence-electron chi connectivity index (χ1n) is 6.35. The van der Waals surface area contributed by atoms with Crippen LogP contribution in [-0.4, -0.2) is 5.71 Å². The van der Waals surface area contributed by atoms with Crippen LogP contribution in [0.15, 0.2) is 78.9 Å². The molecule has 2 rings (SSSR count). The number of benzene rings is 2. The number of rotatable bonds is 4. The van der Waals surface area contributed by atoms with Gasteiger partial charge in [0, 0.05) is 0 Å². The molecule has 19 heavy (non-hydrogen) atoms. The predicted octanol–water partition coefficient (Wildman–Crippen LogP) is 4.71. The number of nitrogens with one attached hydrogen (secondary N) is 1. The maximum atomic E-state index is 8.18. The molecule has 0 aliphatic carbocycles. The summed E-state index contributed by atoms with van der Waals surface area (Å²) in [5.74, 6) is 0. The molecule has 1 N–H and O–H groups in total. The van der Waals surface area contributed by atoms with Crippen molar-refractivity contribution in [3.05, 3.63) is 90.0 Å². The third-order valence-electron chi connectivity index (χ3n) is 2.84. The van der Waals surface area contributed by atoms with E-state index in [0.717, 1.165) is 16.7 Å². The summed E-state index contributed by atoms with van der Waals surface area (Å²) in [6.07, 6.45) is 5.94. The molecule has 2 aromatic rings. The third kappa shape index (κ3) is 3.52. The van der Waals surface area contributed by atoms with E-state index in [-0.39, 0.29) is 0 Å². The average molecular weight is 247 g/mol. The minimum Gasteiger partial charge on any atom is -0.300 e. The zero-order valence-corrected chi connectivity index (χ0v) is 11.0. The van der Waals surface area contributed by atoms with Crippen molar-refractivity contribution in [3.8, 4) is 0 Å². The summed E-state index contributed by atoms with van der Waals surface area (Å²) in [6, 6.07) is 19.9. The van der Waals surface area contributed by atoms with Gasteiger partial charge in [0.1, 0.15) is 0 Å². The van der Waals surface area contributed by atoms with Gasteiger partial charge < -0.3 is 5.41 Å². The van der Waals surface area contributed by atoms with Crippen molar-refractivity contribution in [3.63, 3.8) is 0 Å². The van der Waals surface area contributed by atoms with Gasteiger partial charge >= 0.3 is 0 Å². The Bertz CT molecular complexity index is 592. The van der Waals surface area contributed by atoms with E-state index < -0.39 is 0 Å². The fraction of sp³-hybridized carbons (Fsp3) is 0.0556. The van der Waals surface area contributed by atoms with Crippen LogP contribution in [0.2, 0.25) is 0 Å². The maximum Gasteiger partial charge on any atom is 0.0618 e. The molecule has 0 amide bonds. The molecule has 94 valence electrons. The Morgan fingerprint density at radius 2 is 1.37 bits per heavy atom. The highest BCUT2D eigenvalue weighted by Gasteiger charge is 2.01. The van der Waals surface area contributed by atoms with Gasteiger partial charge in [-0.3, -0.25) is 0 Å². The molecule has 0 saturated carbocycles. The van der Waals surface area contributed by atoms with Crippen molar-refractivity contribution in [2.45, 2.75) is 6.92 Å². The fourth-order valence-corrected chi connectivity index (χ4v) is 1.89. The standard InChI is InChI=1S/C18H17N/c1-2-9-17(15-10-5-3-6-11-15)14-18(19)16-12-7-4-8-13-16/h2-14,19H,1H3. The van der Waals surface area contributed by atoms with Crippen molar-refractivity contribution in [2.24, 2.45) is 0 Å². The molecule has 0 heterocycles. The quantitative estimate of drug-likeness (QED) is 0.597. The molecular weight excluding hydrogens is 230 g/mol. The SMILES string of the molecule is CC=CC(=CC(=N)c1ccccc1)c1ccccc1. The lowest BCUT2D eigenvalue weighted by atomic mass is 10.0. The summed E-state index contributed by atoms with van der Waals surface area (Å²) >= 11 is 0. The zero-order chi connectivity index (χ0) is 13.5. The Morgan fingerprint density at radius 3 is 1.89 bits per heavy atom. The molecule has 0 aromatic heterocycles. The van der Waals surface area contributed by atoms with Crippen molar-refractivity contribution in [1.82, 2.24) is 0 Å². The van der Waals surface area contributed by atoms with Crippen LogP contribution < -0.4 is 0 Å². The molecule has 2 aromatic carbocycles. The number of hydrogen-bond donors (Lipinski definition) is 1. The van der Waals surface area contributed by atoms with E-state index in [9.17, 15) is 0 Å². The number of allylic oxidation sites excluding steroid dienone is 4. The lowest BCUT2D eigenvalue weighted by Crippen LogP contribution is -1.95. The second-order valence-corrected chi connectivity index (χ2v) is 4.25. The Hall–Kier alpha value is -2.41. The molecule has 1 nitrogen and oxygen atoms in total. The Balaban J connectivity index is 2.35. The van der Waals surface area contributed by atoms with Crippen LogP contribution in [0.1, 0.15) is 18.1 Å². The first-order chi connectivity index (χ1) is 9.31. The van der Waals surface area contributed by atoms with Gasteiger partial charge in [0.05, 0.1) is 5.71 Å². The highest BCUT2D eigenvalue weighted by molar-refractivity contribution is 6.11.